The van der Waals surface area contributed by atoms with Crippen LogP contribution >= 0.6 is 8.58 Å². The van der Waals surface area contributed by atoms with Gasteiger partial charge >= 0.3 is 0 Å². The third-order valence-corrected chi connectivity index (χ3v) is 19.3. The predicted octanol–water partition coefficient (Wildman–Crippen LogP) is 4.18. The van der Waals surface area contributed by atoms with Crippen molar-refractivity contribution in [2.24, 2.45) is 0 Å². The van der Waals surface area contributed by atoms with E-state index >= 15 is 0 Å². The molecule has 0 fully saturated rings. The maximum absolute atomic E-state index is 2.55. The molecule has 0 aliphatic heterocycles. The van der Waals surface area contributed by atoms with Crippen LogP contribution in [0, 0.1) is 0 Å². The fourth-order valence-corrected chi connectivity index (χ4v) is 18.7. The minimum absolute atomic E-state index is 0.971. The molecule has 20 heavy (non-hydrogen) atoms. The standard InChI is InChI=1S/C16H32NPSi2/c1-17(2)13-14-11-9-10-12-15(14)18-16(19(3,4)5)20(6,7)8/h9-12,16,18H,13H2,1-8H3. The molecule has 0 N–H and O–H groups in total. The first-order valence-corrected chi connectivity index (χ1v) is 15.7. The zero-order chi connectivity index (χ0) is 15.6. The van der Waals surface area contributed by atoms with Gasteiger partial charge in [-0.25, -0.2) is 0 Å². The van der Waals surface area contributed by atoms with Crippen LogP contribution in [0.5, 0.6) is 0 Å². The summed E-state index contributed by atoms with van der Waals surface area (Å²) in [5.74, 6) is 0. The molecule has 0 aliphatic rings. The summed E-state index contributed by atoms with van der Waals surface area (Å²) >= 11 is 0. The van der Waals surface area contributed by atoms with Crippen molar-refractivity contribution < 1.29 is 0 Å². The van der Waals surface area contributed by atoms with E-state index in [0.717, 1.165) is 20.0 Å². The normalized spacial score (nSPS) is 13.9. The van der Waals surface area contributed by atoms with Gasteiger partial charge in [0.15, 0.2) is 0 Å². The highest BCUT2D eigenvalue weighted by Crippen LogP contribution is 2.35. The van der Waals surface area contributed by atoms with Gasteiger partial charge in [0.05, 0.1) is 0 Å². The molecule has 0 amide bonds. The molecule has 0 aliphatic carbocycles. The average Bonchev–Trinajstić information content (AvgIpc) is 2.23. The SMILES string of the molecule is CN(C)Cc1ccccc1PC([Si](C)(C)C)[Si](C)(C)C. The monoisotopic (exact) mass is 325 g/mol. The van der Waals surface area contributed by atoms with E-state index < -0.39 is 16.1 Å². The van der Waals surface area contributed by atoms with Gasteiger partial charge in [0.2, 0.25) is 0 Å². The predicted molar refractivity (Wildman–Crippen MR) is 102 cm³/mol. The highest BCUT2D eigenvalue weighted by Gasteiger charge is 2.37. The minimum atomic E-state index is -1.11. The highest BCUT2D eigenvalue weighted by molar-refractivity contribution is 7.56. The lowest BCUT2D eigenvalue weighted by atomic mass is 10.2. The van der Waals surface area contributed by atoms with Gasteiger partial charge in [-0.1, -0.05) is 72.1 Å². The second-order valence-corrected chi connectivity index (χ2v) is 22.0. The summed E-state index contributed by atoms with van der Waals surface area (Å²) in [5, 5.41) is 1.61. The average molecular weight is 326 g/mol. The molecule has 1 unspecified atom stereocenters. The number of nitrogens with zero attached hydrogens (tertiary/aromatic N) is 1. The van der Waals surface area contributed by atoms with E-state index in [-0.39, 0.29) is 0 Å². The van der Waals surface area contributed by atoms with Gasteiger partial charge < -0.3 is 4.90 Å². The summed E-state index contributed by atoms with van der Waals surface area (Å²) in [6.45, 7) is 16.4. The Balaban J connectivity index is 3.06. The van der Waals surface area contributed by atoms with Crippen LogP contribution in [0.4, 0.5) is 0 Å². The highest BCUT2D eigenvalue weighted by atomic mass is 31.1. The van der Waals surface area contributed by atoms with Crippen LogP contribution in [0.2, 0.25) is 39.3 Å². The van der Waals surface area contributed by atoms with Crippen molar-refractivity contribution in [1.82, 2.24) is 4.90 Å². The summed E-state index contributed by atoms with van der Waals surface area (Å²) in [5.41, 5.74) is 1.53. The molecule has 1 atom stereocenters. The van der Waals surface area contributed by atoms with Crippen molar-refractivity contribution in [3.63, 3.8) is 0 Å². The van der Waals surface area contributed by atoms with Gasteiger partial charge in [-0.15, -0.1) is 0 Å². The first-order valence-electron chi connectivity index (χ1n) is 7.51. The first kappa shape index (κ1) is 18.1. The largest absolute Gasteiger partial charge is 0.305 e. The summed E-state index contributed by atoms with van der Waals surface area (Å²) in [7, 11) is 3.10. The fraction of sp³-hybridized carbons (Fsp3) is 0.625. The van der Waals surface area contributed by atoms with E-state index in [2.05, 4.69) is 82.5 Å². The van der Waals surface area contributed by atoms with E-state index in [1.807, 2.05) is 0 Å². The summed E-state index contributed by atoms with van der Waals surface area (Å²) in [4.78, 5) is 3.25. The molecule has 0 saturated carbocycles. The van der Waals surface area contributed by atoms with Crippen LogP contribution in [0.1, 0.15) is 5.56 Å². The molecule has 0 radical (unpaired) electrons. The van der Waals surface area contributed by atoms with E-state index in [1.165, 1.54) is 5.56 Å². The van der Waals surface area contributed by atoms with Gasteiger partial charge in [0.1, 0.15) is 0 Å². The summed E-state index contributed by atoms with van der Waals surface area (Å²) in [6.07, 6.45) is 0. The fourth-order valence-electron chi connectivity index (χ4n) is 3.03. The molecule has 0 heterocycles. The van der Waals surface area contributed by atoms with E-state index in [1.54, 1.807) is 5.30 Å². The number of benzene rings is 1. The van der Waals surface area contributed by atoms with E-state index in [9.17, 15) is 0 Å². The second-order valence-electron chi connectivity index (χ2n) is 8.20. The van der Waals surface area contributed by atoms with Gasteiger partial charge in [-0.3, -0.25) is 0 Å². The number of hydrogen-bond acceptors (Lipinski definition) is 1. The van der Waals surface area contributed by atoms with Gasteiger partial charge in [-0.2, -0.15) is 0 Å². The Morgan fingerprint density at radius 1 is 0.950 bits per heavy atom. The maximum Gasteiger partial charge on any atom is 0.0492 e. The Labute approximate surface area is 130 Å². The molecule has 1 aromatic carbocycles. The molecule has 1 aromatic rings. The topological polar surface area (TPSA) is 3.24 Å². The van der Waals surface area contributed by atoms with E-state index in [0.29, 0.717) is 0 Å². The van der Waals surface area contributed by atoms with Crippen LogP contribution in [0.3, 0.4) is 0 Å². The Hall–Kier alpha value is 0.0438. The van der Waals surface area contributed by atoms with Crippen molar-refractivity contribution in [3.8, 4) is 0 Å². The van der Waals surface area contributed by atoms with E-state index in [4.69, 9.17) is 0 Å². The zero-order valence-electron chi connectivity index (χ0n) is 14.5. The molecular formula is C16H32NPSi2. The Morgan fingerprint density at radius 3 is 1.90 bits per heavy atom. The maximum atomic E-state index is 2.55. The van der Waals surface area contributed by atoms with Gasteiger partial charge in [-0.05, 0) is 29.9 Å². The molecule has 0 aromatic heterocycles. The van der Waals surface area contributed by atoms with Crippen molar-refractivity contribution >= 4 is 30.0 Å². The van der Waals surface area contributed by atoms with Crippen molar-refractivity contribution in [1.29, 1.82) is 0 Å². The van der Waals surface area contributed by atoms with Crippen LogP contribution in [0.25, 0.3) is 0 Å². The lowest BCUT2D eigenvalue weighted by Gasteiger charge is -2.39. The third-order valence-electron chi connectivity index (χ3n) is 3.54. The van der Waals surface area contributed by atoms with Crippen molar-refractivity contribution in [2.45, 2.75) is 50.7 Å². The second kappa shape index (κ2) is 6.87. The lowest BCUT2D eigenvalue weighted by Crippen LogP contribution is -2.51. The first-order chi connectivity index (χ1) is 9.01. The quantitative estimate of drug-likeness (QED) is 0.560. The Kier molecular flexibility index (Phi) is 6.21. The molecule has 0 saturated heterocycles. The summed E-state index contributed by atoms with van der Waals surface area (Å²) < 4.78 is 0. The van der Waals surface area contributed by atoms with Crippen LogP contribution < -0.4 is 5.30 Å². The molecule has 0 bridgehead atoms. The summed E-state index contributed by atoms with van der Waals surface area (Å²) in [6, 6.07) is 9.08. The van der Waals surface area contributed by atoms with Crippen molar-refractivity contribution in [3.05, 3.63) is 29.8 Å². The molecule has 1 rings (SSSR count). The molecule has 1 nitrogen and oxygen atoms in total. The molecule has 0 spiro atoms. The Bertz CT molecular complexity index is 419. The zero-order valence-corrected chi connectivity index (χ0v) is 17.5. The Morgan fingerprint density at radius 2 is 1.45 bits per heavy atom. The van der Waals surface area contributed by atoms with Crippen LogP contribution in [-0.2, 0) is 6.54 Å². The molecular weight excluding hydrogens is 293 g/mol. The third kappa shape index (κ3) is 5.44. The minimum Gasteiger partial charge on any atom is -0.305 e. The lowest BCUT2D eigenvalue weighted by molar-refractivity contribution is 0.403. The molecule has 4 heteroatoms. The van der Waals surface area contributed by atoms with Crippen LogP contribution in [0.15, 0.2) is 24.3 Å². The van der Waals surface area contributed by atoms with Gasteiger partial charge in [0, 0.05) is 22.7 Å². The molecule has 114 valence electrons. The van der Waals surface area contributed by atoms with Crippen molar-refractivity contribution in [2.75, 3.05) is 14.1 Å². The van der Waals surface area contributed by atoms with Crippen LogP contribution in [-0.4, -0.2) is 40.0 Å². The number of hydrogen-bond donors (Lipinski definition) is 0. The van der Waals surface area contributed by atoms with Gasteiger partial charge in [0.25, 0.3) is 0 Å². The number of rotatable bonds is 6. The smallest absolute Gasteiger partial charge is 0.0492 e.